The summed E-state index contributed by atoms with van der Waals surface area (Å²) < 4.78 is 45.8. The molecule has 2 aromatic carbocycles. The molecule has 152 valence electrons. The number of carbonyl (C=O) groups is 1. The van der Waals surface area contributed by atoms with Gasteiger partial charge in [-0.25, -0.2) is 10.4 Å². The highest BCUT2D eigenvalue weighted by Gasteiger charge is 2.37. The highest BCUT2D eigenvalue weighted by atomic mass is 19.4. The molecule has 1 aromatic heterocycles. The summed E-state index contributed by atoms with van der Waals surface area (Å²) in [5.41, 5.74) is 2.75. The molecule has 3 rings (SSSR count). The van der Waals surface area contributed by atoms with Crippen molar-refractivity contribution in [3.8, 4) is 11.5 Å². The van der Waals surface area contributed by atoms with Crippen LogP contribution < -0.4 is 10.2 Å². The van der Waals surface area contributed by atoms with Crippen LogP contribution in [0.5, 0.6) is 11.5 Å². The number of fused-ring (bicyclic) bond motifs is 1. The Hall–Kier alpha value is -3.56. The Bertz CT molecular complexity index is 1060. The molecule has 0 aliphatic carbocycles. The lowest BCUT2D eigenvalue weighted by Gasteiger charge is -2.10. The van der Waals surface area contributed by atoms with Gasteiger partial charge in [0.05, 0.1) is 23.9 Å². The zero-order chi connectivity index (χ0) is 21.0. The summed E-state index contributed by atoms with van der Waals surface area (Å²) in [4.78, 5) is 15.7. The van der Waals surface area contributed by atoms with Crippen molar-refractivity contribution >= 4 is 23.2 Å². The van der Waals surface area contributed by atoms with Gasteiger partial charge < -0.3 is 14.4 Å². The fourth-order valence-corrected chi connectivity index (χ4v) is 2.72. The second-order valence-corrected chi connectivity index (χ2v) is 5.93. The molecule has 0 radical (unpaired) electrons. The fourth-order valence-electron chi connectivity index (χ4n) is 2.72. The smallest absolute Gasteiger partial charge is 0.449 e. The Morgan fingerprint density at radius 2 is 2.03 bits per heavy atom. The molecule has 7 nitrogen and oxygen atoms in total. The summed E-state index contributed by atoms with van der Waals surface area (Å²) in [6.45, 7) is 1.48. The lowest BCUT2D eigenvalue weighted by molar-refractivity contribution is -0.147. The van der Waals surface area contributed by atoms with Crippen LogP contribution in [0.15, 0.2) is 47.6 Å². The van der Waals surface area contributed by atoms with Crippen molar-refractivity contribution in [3.63, 3.8) is 0 Å². The van der Waals surface area contributed by atoms with Crippen LogP contribution >= 0.6 is 0 Å². The van der Waals surface area contributed by atoms with E-state index in [1.165, 1.54) is 18.3 Å². The minimum Gasteiger partial charge on any atom is -0.504 e. The van der Waals surface area contributed by atoms with E-state index in [-0.39, 0.29) is 28.1 Å². The second-order valence-electron chi connectivity index (χ2n) is 5.93. The summed E-state index contributed by atoms with van der Waals surface area (Å²) in [6, 6.07) is 10.7. The third-order valence-corrected chi connectivity index (χ3v) is 3.93. The average Bonchev–Trinajstić information content (AvgIpc) is 3.04. The predicted octanol–water partition coefficient (Wildman–Crippen LogP) is 3.31. The molecule has 0 bridgehead atoms. The standard InChI is InChI=1S/C19H17F3N4O3/c1-2-29-15-9-5-6-12(17(15)28)10-23-25-16(27)11-26-14-8-4-3-7-13(14)24-18(26)19(20,21)22/h3-10,28H,2,11H2,1H3,(H,25,27)/b23-10+. The lowest BCUT2D eigenvalue weighted by atomic mass is 10.2. The molecule has 0 unspecified atom stereocenters. The number of amides is 1. The fraction of sp³-hybridized carbons (Fsp3) is 0.211. The van der Waals surface area contributed by atoms with Gasteiger partial charge in [0, 0.05) is 5.56 Å². The van der Waals surface area contributed by atoms with E-state index in [0.29, 0.717) is 6.61 Å². The first-order valence-electron chi connectivity index (χ1n) is 8.60. The number of alkyl halides is 3. The molecule has 0 fully saturated rings. The van der Waals surface area contributed by atoms with Crippen LogP contribution in [-0.2, 0) is 17.5 Å². The summed E-state index contributed by atoms with van der Waals surface area (Å²) >= 11 is 0. The molecule has 1 amide bonds. The van der Waals surface area contributed by atoms with Crippen molar-refractivity contribution < 1.29 is 27.8 Å². The predicted molar refractivity (Wildman–Crippen MR) is 99.7 cm³/mol. The van der Waals surface area contributed by atoms with Crippen molar-refractivity contribution in [2.75, 3.05) is 6.61 Å². The Morgan fingerprint density at radius 1 is 1.28 bits per heavy atom. The van der Waals surface area contributed by atoms with E-state index in [2.05, 4.69) is 15.5 Å². The lowest BCUT2D eigenvalue weighted by Crippen LogP contribution is -2.26. The normalized spacial score (nSPS) is 11.9. The summed E-state index contributed by atoms with van der Waals surface area (Å²) in [5, 5.41) is 13.8. The maximum absolute atomic E-state index is 13.3. The number of phenolic OH excluding ortho intramolecular Hbond substituents is 1. The highest BCUT2D eigenvalue weighted by molar-refractivity contribution is 5.86. The Kier molecular flexibility index (Phi) is 5.71. The number of aromatic hydroxyl groups is 1. The molecule has 0 saturated carbocycles. The van der Waals surface area contributed by atoms with E-state index in [9.17, 15) is 23.1 Å². The van der Waals surface area contributed by atoms with Gasteiger partial charge in [0.1, 0.15) is 6.54 Å². The zero-order valence-electron chi connectivity index (χ0n) is 15.3. The van der Waals surface area contributed by atoms with E-state index in [1.54, 1.807) is 37.3 Å². The molecule has 0 saturated heterocycles. The molecular weight excluding hydrogens is 389 g/mol. The number of halogens is 3. The maximum Gasteiger partial charge on any atom is 0.449 e. The number of phenols is 1. The minimum atomic E-state index is -4.71. The summed E-state index contributed by atoms with van der Waals surface area (Å²) in [5.74, 6) is -1.86. The quantitative estimate of drug-likeness (QED) is 0.486. The molecule has 10 heteroatoms. The molecule has 0 aliphatic heterocycles. The van der Waals surface area contributed by atoms with Gasteiger partial charge in [-0.15, -0.1) is 0 Å². The topological polar surface area (TPSA) is 88.7 Å². The first-order chi connectivity index (χ1) is 13.8. The highest BCUT2D eigenvalue weighted by Crippen LogP contribution is 2.31. The molecule has 0 spiro atoms. The number of imidazole rings is 1. The molecule has 1 heterocycles. The second kappa shape index (κ2) is 8.21. The van der Waals surface area contributed by atoms with Gasteiger partial charge in [0.2, 0.25) is 5.82 Å². The molecule has 0 atom stereocenters. The maximum atomic E-state index is 13.3. The number of hydrogen-bond donors (Lipinski definition) is 2. The first-order valence-corrected chi connectivity index (χ1v) is 8.60. The van der Waals surface area contributed by atoms with Crippen LogP contribution in [0.25, 0.3) is 11.0 Å². The number of benzene rings is 2. The number of aromatic nitrogens is 2. The van der Waals surface area contributed by atoms with Gasteiger partial charge in [0.15, 0.2) is 11.5 Å². The minimum absolute atomic E-state index is 0.133. The largest absolute Gasteiger partial charge is 0.504 e. The van der Waals surface area contributed by atoms with Gasteiger partial charge in [-0.05, 0) is 31.2 Å². The van der Waals surface area contributed by atoms with E-state index >= 15 is 0 Å². The number of carbonyl (C=O) groups excluding carboxylic acids is 1. The molecule has 0 aliphatic rings. The van der Waals surface area contributed by atoms with Gasteiger partial charge in [-0.3, -0.25) is 4.79 Å². The van der Waals surface area contributed by atoms with Crippen molar-refractivity contribution in [1.82, 2.24) is 15.0 Å². The van der Waals surface area contributed by atoms with E-state index < -0.39 is 24.5 Å². The van der Waals surface area contributed by atoms with Crippen molar-refractivity contribution in [3.05, 3.63) is 53.9 Å². The van der Waals surface area contributed by atoms with Gasteiger partial charge >= 0.3 is 6.18 Å². The van der Waals surface area contributed by atoms with E-state index in [0.717, 1.165) is 4.57 Å². The number of nitrogens with zero attached hydrogens (tertiary/aromatic N) is 3. The van der Waals surface area contributed by atoms with Crippen LogP contribution in [-0.4, -0.2) is 33.4 Å². The number of hydrazone groups is 1. The monoisotopic (exact) mass is 406 g/mol. The molecule has 2 N–H and O–H groups in total. The van der Waals surface area contributed by atoms with Crippen LogP contribution in [0.2, 0.25) is 0 Å². The van der Waals surface area contributed by atoms with Crippen LogP contribution in [0.1, 0.15) is 18.3 Å². The molecular formula is C19H17F3N4O3. The summed E-state index contributed by atoms with van der Waals surface area (Å²) in [7, 11) is 0. The van der Waals surface area contributed by atoms with Crippen molar-refractivity contribution in [1.29, 1.82) is 0 Å². The number of hydrogen-bond acceptors (Lipinski definition) is 5. The zero-order valence-corrected chi connectivity index (χ0v) is 15.3. The van der Waals surface area contributed by atoms with Crippen LogP contribution in [0.3, 0.4) is 0 Å². The number of rotatable bonds is 6. The third-order valence-electron chi connectivity index (χ3n) is 3.93. The number of nitrogens with one attached hydrogen (secondary N) is 1. The van der Waals surface area contributed by atoms with Crippen molar-refractivity contribution in [2.24, 2.45) is 5.10 Å². The molecule has 3 aromatic rings. The molecule has 29 heavy (non-hydrogen) atoms. The van der Waals surface area contributed by atoms with Gasteiger partial charge in [0.25, 0.3) is 5.91 Å². The third kappa shape index (κ3) is 4.48. The van der Waals surface area contributed by atoms with E-state index in [4.69, 9.17) is 4.74 Å². The Morgan fingerprint density at radius 3 is 2.76 bits per heavy atom. The van der Waals surface area contributed by atoms with Crippen LogP contribution in [0, 0.1) is 0 Å². The number of para-hydroxylation sites is 3. The summed E-state index contributed by atoms with van der Waals surface area (Å²) in [6.07, 6.45) is -3.54. The van der Waals surface area contributed by atoms with Crippen LogP contribution in [0.4, 0.5) is 13.2 Å². The van der Waals surface area contributed by atoms with Gasteiger partial charge in [-0.1, -0.05) is 18.2 Å². The first kappa shape index (κ1) is 20.2. The SMILES string of the molecule is CCOc1cccc(/C=N/NC(=O)Cn2c(C(F)(F)F)nc3ccccc32)c1O. The average molecular weight is 406 g/mol. The number of ether oxygens (including phenoxy) is 1. The van der Waals surface area contributed by atoms with Crippen molar-refractivity contribution in [2.45, 2.75) is 19.6 Å². The Balaban J connectivity index is 1.77. The Labute approximate surface area is 163 Å². The van der Waals surface area contributed by atoms with Gasteiger partial charge in [-0.2, -0.15) is 18.3 Å². The van der Waals surface area contributed by atoms with E-state index in [1.807, 2.05) is 0 Å².